The van der Waals surface area contributed by atoms with E-state index in [1.54, 1.807) is 24.1 Å². The Morgan fingerprint density at radius 2 is 1.75 bits per heavy atom. The molecule has 9 nitrogen and oxygen atoms in total. The molecule has 1 saturated heterocycles. The molecule has 2 aromatic rings. The summed E-state index contributed by atoms with van der Waals surface area (Å²) in [6.45, 7) is 3.03. The van der Waals surface area contributed by atoms with Gasteiger partial charge >= 0.3 is 0 Å². The van der Waals surface area contributed by atoms with E-state index in [9.17, 15) is 14.4 Å². The smallest absolute Gasteiger partial charge is 0.255 e. The van der Waals surface area contributed by atoms with Crippen LogP contribution in [0.3, 0.4) is 0 Å². The molecule has 216 valence electrons. The standard InChI is InChI=1S/C31H42N4O5/c1-33(24-10-12-25(39-3)13-11-24)19-14-28(36)35-20-16-31(17-21-35)15-6-7-18-32-29(37)26-8-4-5-9-27(26)40-23-22-34(2)30(31)38/h4-5,8-13H,6-7,14-23H2,1-3H3,(H,32,37). The predicted molar refractivity (Wildman–Crippen MR) is 155 cm³/mol. The molecule has 3 amide bonds. The van der Waals surface area contributed by atoms with E-state index in [1.807, 2.05) is 55.4 Å². The van der Waals surface area contributed by atoms with Crippen molar-refractivity contribution in [2.45, 2.75) is 38.5 Å². The molecule has 0 saturated carbocycles. The third-order valence-electron chi connectivity index (χ3n) is 8.23. The first-order valence-electron chi connectivity index (χ1n) is 14.2. The van der Waals surface area contributed by atoms with Gasteiger partial charge in [0.25, 0.3) is 5.91 Å². The number of ether oxygens (including phenoxy) is 2. The van der Waals surface area contributed by atoms with Crippen LogP contribution in [0, 0.1) is 5.41 Å². The van der Waals surface area contributed by atoms with Crippen LogP contribution in [0.5, 0.6) is 11.5 Å². The molecule has 0 unspecified atom stereocenters. The van der Waals surface area contributed by atoms with E-state index in [2.05, 4.69) is 10.2 Å². The Balaban J connectivity index is 1.34. The zero-order valence-electron chi connectivity index (χ0n) is 24.0. The van der Waals surface area contributed by atoms with Gasteiger partial charge in [-0.2, -0.15) is 0 Å². The zero-order chi connectivity index (χ0) is 28.5. The first-order valence-corrected chi connectivity index (χ1v) is 14.2. The first-order chi connectivity index (χ1) is 19.3. The third-order valence-corrected chi connectivity index (χ3v) is 8.23. The zero-order valence-corrected chi connectivity index (χ0v) is 24.0. The highest BCUT2D eigenvalue weighted by molar-refractivity contribution is 5.96. The van der Waals surface area contributed by atoms with Crippen LogP contribution in [0.1, 0.15) is 48.9 Å². The van der Waals surface area contributed by atoms with E-state index >= 15 is 0 Å². The Morgan fingerprint density at radius 1 is 1.02 bits per heavy atom. The minimum Gasteiger partial charge on any atom is -0.497 e. The van der Waals surface area contributed by atoms with Crippen molar-refractivity contribution in [2.75, 3.05) is 65.4 Å². The molecule has 0 bridgehead atoms. The van der Waals surface area contributed by atoms with Crippen molar-refractivity contribution in [3.8, 4) is 11.5 Å². The summed E-state index contributed by atoms with van der Waals surface area (Å²) in [5.74, 6) is 1.42. The number of rotatable bonds is 5. The SMILES string of the molecule is COc1ccc(N(C)CCC(=O)N2CCC3(CCCCNC(=O)c4ccccc4OCCN(C)C3=O)CC2)cc1. The van der Waals surface area contributed by atoms with Gasteiger partial charge in [-0.05, 0) is 62.1 Å². The number of benzene rings is 2. The molecule has 4 rings (SSSR count). The van der Waals surface area contributed by atoms with Crippen LogP contribution in [-0.2, 0) is 9.59 Å². The molecule has 0 aliphatic carbocycles. The molecule has 2 aliphatic heterocycles. The van der Waals surface area contributed by atoms with Crippen molar-refractivity contribution in [2.24, 2.45) is 5.41 Å². The molecule has 2 heterocycles. The molecule has 2 aliphatic rings. The minimum atomic E-state index is -0.503. The second-order valence-corrected chi connectivity index (χ2v) is 10.8. The summed E-state index contributed by atoms with van der Waals surface area (Å²) in [7, 11) is 5.45. The van der Waals surface area contributed by atoms with Crippen LogP contribution in [0.2, 0.25) is 0 Å². The fourth-order valence-corrected chi connectivity index (χ4v) is 5.61. The van der Waals surface area contributed by atoms with Crippen LogP contribution in [-0.4, -0.2) is 88.1 Å². The number of nitrogens with one attached hydrogen (secondary N) is 1. The van der Waals surface area contributed by atoms with E-state index in [0.717, 1.165) is 30.7 Å². The maximum absolute atomic E-state index is 13.8. The highest BCUT2D eigenvalue weighted by atomic mass is 16.5. The van der Waals surface area contributed by atoms with Crippen LogP contribution in [0.4, 0.5) is 5.69 Å². The maximum atomic E-state index is 13.8. The highest BCUT2D eigenvalue weighted by Gasteiger charge is 2.43. The Kier molecular flexibility index (Phi) is 9.90. The molecular weight excluding hydrogens is 508 g/mol. The van der Waals surface area contributed by atoms with E-state index < -0.39 is 5.41 Å². The summed E-state index contributed by atoms with van der Waals surface area (Å²) >= 11 is 0. The van der Waals surface area contributed by atoms with Crippen LogP contribution in [0.15, 0.2) is 48.5 Å². The number of carbonyl (C=O) groups excluding carboxylic acids is 3. The Bertz CT molecular complexity index is 1160. The van der Waals surface area contributed by atoms with Gasteiger partial charge < -0.3 is 29.5 Å². The fourth-order valence-electron chi connectivity index (χ4n) is 5.61. The summed E-state index contributed by atoms with van der Waals surface area (Å²) in [6.07, 6.45) is 4.07. The number of likely N-dealkylation sites (N-methyl/N-ethyl adjacent to an activating group) is 1. The summed E-state index contributed by atoms with van der Waals surface area (Å²) in [5, 5.41) is 2.99. The number of hydrogen-bond donors (Lipinski definition) is 1. The van der Waals surface area contributed by atoms with E-state index in [4.69, 9.17) is 9.47 Å². The molecular formula is C31H42N4O5. The minimum absolute atomic E-state index is 0.117. The monoisotopic (exact) mass is 550 g/mol. The number of piperidine rings is 1. The summed E-state index contributed by atoms with van der Waals surface area (Å²) in [4.78, 5) is 45.3. The number of methoxy groups -OCH3 is 1. The maximum Gasteiger partial charge on any atom is 0.255 e. The molecule has 1 fully saturated rings. The lowest BCUT2D eigenvalue weighted by molar-refractivity contribution is -0.148. The summed E-state index contributed by atoms with van der Waals surface area (Å²) in [6, 6.07) is 15.0. The van der Waals surface area contributed by atoms with Gasteiger partial charge in [0.1, 0.15) is 18.1 Å². The van der Waals surface area contributed by atoms with Crippen molar-refractivity contribution in [3.63, 3.8) is 0 Å². The molecule has 2 aromatic carbocycles. The number of likely N-dealkylation sites (tertiary alicyclic amines) is 1. The number of para-hydroxylation sites is 1. The highest BCUT2D eigenvalue weighted by Crippen LogP contribution is 2.39. The van der Waals surface area contributed by atoms with Crippen molar-refractivity contribution >= 4 is 23.4 Å². The van der Waals surface area contributed by atoms with Crippen LogP contribution in [0.25, 0.3) is 0 Å². The normalized spacial score (nSPS) is 18.3. The number of amides is 3. The number of carbonyl (C=O) groups is 3. The van der Waals surface area contributed by atoms with Crippen molar-refractivity contribution < 1.29 is 23.9 Å². The summed E-state index contributed by atoms with van der Waals surface area (Å²) < 4.78 is 11.1. The van der Waals surface area contributed by atoms with E-state index in [-0.39, 0.29) is 17.7 Å². The average Bonchev–Trinajstić information content (AvgIpc) is 2.99. The van der Waals surface area contributed by atoms with E-state index in [0.29, 0.717) is 69.9 Å². The number of hydrogen-bond acceptors (Lipinski definition) is 6. The lowest BCUT2D eigenvalue weighted by Gasteiger charge is -2.43. The van der Waals surface area contributed by atoms with Gasteiger partial charge in [-0.3, -0.25) is 14.4 Å². The molecule has 1 spiro atoms. The number of anilines is 1. The van der Waals surface area contributed by atoms with Gasteiger partial charge in [-0.25, -0.2) is 0 Å². The quantitative estimate of drug-likeness (QED) is 0.612. The second kappa shape index (κ2) is 13.5. The van der Waals surface area contributed by atoms with Gasteiger partial charge in [-0.1, -0.05) is 18.6 Å². The largest absolute Gasteiger partial charge is 0.497 e. The number of nitrogens with zero attached hydrogens (tertiary/aromatic N) is 3. The van der Waals surface area contributed by atoms with Gasteiger partial charge in [0.15, 0.2) is 0 Å². The van der Waals surface area contributed by atoms with Crippen molar-refractivity contribution in [1.82, 2.24) is 15.1 Å². The lowest BCUT2D eigenvalue weighted by Crippen LogP contribution is -2.51. The Labute approximate surface area is 237 Å². The molecule has 1 N–H and O–H groups in total. The van der Waals surface area contributed by atoms with Crippen LogP contribution < -0.4 is 19.7 Å². The molecule has 0 radical (unpaired) electrons. The van der Waals surface area contributed by atoms with Crippen molar-refractivity contribution in [1.29, 1.82) is 0 Å². The van der Waals surface area contributed by atoms with Gasteiger partial charge in [0.2, 0.25) is 11.8 Å². The molecule has 0 atom stereocenters. The summed E-state index contributed by atoms with van der Waals surface area (Å²) in [5.41, 5.74) is 1.04. The van der Waals surface area contributed by atoms with E-state index in [1.165, 1.54) is 0 Å². The fraction of sp³-hybridized carbons (Fsp3) is 0.516. The molecule has 0 aromatic heterocycles. The van der Waals surface area contributed by atoms with Gasteiger partial charge in [0.05, 0.1) is 24.6 Å². The topological polar surface area (TPSA) is 91.4 Å². The Morgan fingerprint density at radius 3 is 2.48 bits per heavy atom. The Hall–Kier alpha value is -3.75. The number of fused-ring (bicyclic) bond motifs is 1. The molecule has 40 heavy (non-hydrogen) atoms. The predicted octanol–water partition coefficient (Wildman–Crippen LogP) is 3.58. The molecule has 9 heteroatoms. The van der Waals surface area contributed by atoms with Crippen LogP contribution >= 0.6 is 0 Å². The third kappa shape index (κ3) is 7.06. The second-order valence-electron chi connectivity index (χ2n) is 10.8. The average molecular weight is 551 g/mol. The van der Waals surface area contributed by atoms with Crippen molar-refractivity contribution in [3.05, 3.63) is 54.1 Å². The first kappa shape index (κ1) is 29.2. The van der Waals surface area contributed by atoms with Gasteiger partial charge in [0, 0.05) is 52.4 Å². The van der Waals surface area contributed by atoms with Gasteiger partial charge in [-0.15, -0.1) is 0 Å². The lowest BCUT2D eigenvalue weighted by atomic mass is 9.73.